The van der Waals surface area contributed by atoms with E-state index in [1.165, 1.54) is 23.9 Å². The number of aryl methyl sites for hydroxylation is 1. The molecule has 2 N–H and O–H groups in total. The number of benzene rings is 2. The number of allylic oxidation sites excluding steroid dienone is 1. The number of anilines is 1. The van der Waals surface area contributed by atoms with Gasteiger partial charge in [0, 0.05) is 12.2 Å². The van der Waals surface area contributed by atoms with Crippen LogP contribution in [0.5, 0.6) is 5.75 Å². The highest BCUT2D eigenvalue weighted by Gasteiger charge is 2.17. The topological polar surface area (TPSA) is 80.0 Å². The molecule has 0 fully saturated rings. The van der Waals surface area contributed by atoms with Crippen LogP contribution >= 0.6 is 11.8 Å². The van der Waals surface area contributed by atoms with Crippen molar-refractivity contribution >= 4 is 23.4 Å². The van der Waals surface area contributed by atoms with E-state index in [-0.39, 0.29) is 17.4 Å². The first-order valence-electron chi connectivity index (χ1n) is 8.51. The van der Waals surface area contributed by atoms with Gasteiger partial charge in [-0.1, -0.05) is 36.0 Å². The van der Waals surface area contributed by atoms with Gasteiger partial charge in [0.2, 0.25) is 5.91 Å². The highest BCUT2D eigenvalue weighted by Crippen LogP contribution is 2.30. The molecule has 0 spiro atoms. The van der Waals surface area contributed by atoms with E-state index in [2.05, 4.69) is 22.1 Å². The van der Waals surface area contributed by atoms with Gasteiger partial charge in [0.25, 0.3) is 0 Å². The first kappa shape index (κ1) is 19.6. The fraction of sp³-hybridized carbons (Fsp3) is 0.150. The van der Waals surface area contributed by atoms with Crippen molar-refractivity contribution in [3.05, 3.63) is 66.5 Å². The summed E-state index contributed by atoms with van der Waals surface area (Å²) in [6.07, 6.45) is 1.69. The van der Waals surface area contributed by atoms with Crippen LogP contribution in [0.1, 0.15) is 5.56 Å². The van der Waals surface area contributed by atoms with Gasteiger partial charge in [-0.05, 0) is 36.8 Å². The van der Waals surface area contributed by atoms with Gasteiger partial charge in [0.05, 0.1) is 11.3 Å². The molecule has 8 heteroatoms. The molecule has 0 saturated heterocycles. The number of hydrogen-bond donors (Lipinski definition) is 2. The van der Waals surface area contributed by atoms with Crippen molar-refractivity contribution < 1.29 is 14.3 Å². The van der Waals surface area contributed by atoms with Crippen LogP contribution in [0.15, 0.2) is 60.3 Å². The number of amides is 1. The van der Waals surface area contributed by atoms with Crippen LogP contribution in [0.4, 0.5) is 10.1 Å². The zero-order valence-corrected chi connectivity index (χ0v) is 16.0. The van der Waals surface area contributed by atoms with Crippen molar-refractivity contribution in [3.63, 3.8) is 0 Å². The third kappa shape index (κ3) is 4.40. The molecule has 2 aromatic carbocycles. The minimum atomic E-state index is -0.411. The monoisotopic (exact) mass is 398 g/mol. The number of aromatic nitrogens is 3. The summed E-state index contributed by atoms with van der Waals surface area (Å²) < 4.78 is 15.1. The normalized spacial score (nSPS) is 10.6. The summed E-state index contributed by atoms with van der Waals surface area (Å²) in [4.78, 5) is 12.3. The molecule has 28 heavy (non-hydrogen) atoms. The second kappa shape index (κ2) is 8.71. The Balaban J connectivity index is 1.75. The second-order valence-electron chi connectivity index (χ2n) is 6.02. The molecule has 3 aromatic rings. The Morgan fingerprint density at radius 2 is 2.11 bits per heavy atom. The second-order valence-corrected chi connectivity index (χ2v) is 6.96. The molecule has 1 heterocycles. The van der Waals surface area contributed by atoms with Crippen molar-refractivity contribution in [2.75, 3.05) is 11.1 Å². The van der Waals surface area contributed by atoms with E-state index in [4.69, 9.17) is 0 Å². The zero-order chi connectivity index (χ0) is 20.1. The number of thioether (sulfide) groups is 1. The molecule has 0 atom stereocenters. The Hall–Kier alpha value is -3.13. The lowest BCUT2D eigenvalue weighted by Gasteiger charge is -2.10. The number of aromatic hydroxyl groups is 1. The number of hydrogen-bond acceptors (Lipinski definition) is 5. The highest BCUT2D eigenvalue weighted by molar-refractivity contribution is 7.99. The number of phenols is 1. The van der Waals surface area contributed by atoms with Crippen LogP contribution in [-0.2, 0) is 11.3 Å². The Bertz CT molecular complexity index is 1020. The van der Waals surface area contributed by atoms with Crippen molar-refractivity contribution in [3.8, 4) is 17.1 Å². The minimum absolute atomic E-state index is 0.0754. The standard InChI is InChI=1S/C20H19FN4O2S/c1-3-10-25-19(15-6-4-5-7-17(15)26)23-24-20(25)28-12-18(27)22-16-11-14(21)9-8-13(16)2/h3-9,11,26H,1,10,12H2,2H3,(H,22,27). The van der Waals surface area contributed by atoms with Gasteiger partial charge >= 0.3 is 0 Å². The summed E-state index contributed by atoms with van der Waals surface area (Å²) in [7, 11) is 0. The van der Waals surface area contributed by atoms with Gasteiger partial charge in [-0.15, -0.1) is 16.8 Å². The van der Waals surface area contributed by atoms with E-state index in [0.29, 0.717) is 28.8 Å². The lowest BCUT2D eigenvalue weighted by Crippen LogP contribution is -2.15. The molecular formula is C20H19FN4O2S. The van der Waals surface area contributed by atoms with Crippen LogP contribution in [0.2, 0.25) is 0 Å². The molecule has 0 bridgehead atoms. The predicted octanol–water partition coefficient (Wildman–Crippen LogP) is 4.02. The number of rotatable bonds is 7. The van der Waals surface area contributed by atoms with Crippen molar-refractivity contribution in [2.24, 2.45) is 0 Å². The Morgan fingerprint density at radius 3 is 2.86 bits per heavy atom. The molecule has 3 rings (SSSR count). The van der Waals surface area contributed by atoms with E-state index in [1.54, 1.807) is 47.9 Å². The molecule has 1 amide bonds. The number of nitrogens with one attached hydrogen (secondary N) is 1. The summed E-state index contributed by atoms with van der Waals surface area (Å²) in [6.45, 7) is 5.95. The maximum atomic E-state index is 13.4. The van der Waals surface area contributed by atoms with E-state index in [9.17, 15) is 14.3 Å². The van der Waals surface area contributed by atoms with Crippen LogP contribution in [0.25, 0.3) is 11.4 Å². The average molecular weight is 398 g/mol. The number of para-hydroxylation sites is 1. The van der Waals surface area contributed by atoms with E-state index >= 15 is 0 Å². The fourth-order valence-corrected chi connectivity index (χ4v) is 3.34. The quantitative estimate of drug-likeness (QED) is 0.464. The largest absolute Gasteiger partial charge is 0.507 e. The predicted molar refractivity (Wildman–Crippen MR) is 108 cm³/mol. The summed E-state index contributed by atoms with van der Waals surface area (Å²) >= 11 is 1.20. The maximum Gasteiger partial charge on any atom is 0.234 e. The molecule has 0 aliphatic rings. The third-order valence-corrected chi connectivity index (χ3v) is 4.95. The third-order valence-electron chi connectivity index (χ3n) is 3.98. The van der Waals surface area contributed by atoms with Gasteiger partial charge in [-0.3, -0.25) is 9.36 Å². The summed E-state index contributed by atoms with van der Waals surface area (Å²) in [5.74, 6) is -0.0352. The summed E-state index contributed by atoms with van der Waals surface area (Å²) in [5.41, 5.74) is 1.76. The Kier molecular flexibility index (Phi) is 6.10. The number of phenolic OH excluding ortho intramolecular Hbond substituents is 1. The molecule has 0 radical (unpaired) electrons. The first-order valence-corrected chi connectivity index (χ1v) is 9.49. The van der Waals surface area contributed by atoms with Crippen LogP contribution < -0.4 is 5.32 Å². The van der Waals surface area contributed by atoms with Crippen molar-refractivity contribution in [1.82, 2.24) is 14.8 Å². The lowest BCUT2D eigenvalue weighted by atomic mass is 10.2. The molecule has 0 aliphatic carbocycles. The molecule has 1 aromatic heterocycles. The number of carbonyl (C=O) groups is 1. The first-order chi connectivity index (χ1) is 13.5. The number of nitrogens with zero attached hydrogens (tertiary/aromatic N) is 3. The van der Waals surface area contributed by atoms with Crippen LogP contribution in [0, 0.1) is 12.7 Å². The van der Waals surface area contributed by atoms with Gasteiger partial charge in [0.1, 0.15) is 11.6 Å². The van der Waals surface area contributed by atoms with Crippen LogP contribution in [0.3, 0.4) is 0 Å². The van der Waals surface area contributed by atoms with Gasteiger partial charge in [-0.2, -0.15) is 0 Å². The average Bonchev–Trinajstić information content (AvgIpc) is 3.06. The number of carbonyl (C=O) groups excluding carboxylic acids is 1. The summed E-state index contributed by atoms with van der Waals surface area (Å²) in [6, 6.07) is 11.1. The van der Waals surface area contributed by atoms with E-state index in [0.717, 1.165) is 5.56 Å². The van der Waals surface area contributed by atoms with E-state index in [1.807, 2.05) is 0 Å². The fourth-order valence-electron chi connectivity index (χ4n) is 2.60. The van der Waals surface area contributed by atoms with Crippen molar-refractivity contribution in [1.29, 1.82) is 0 Å². The molecule has 0 unspecified atom stereocenters. The summed E-state index contributed by atoms with van der Waals surface area (Å²) in [5, 5.41) is 21.6. The highest BCUT2D eigenvalue weighted by atomic mass is 32.2. The molecule has 0 saturated carbocycles. The molecular weight excluding hydrogens is 379 g/mol. The van der Waals surface area contributed by atoms with Gasteiger partial charge in [-0.25, -0.2) is 4.39 Å². The smallest absolute Gasteiger partial charge is 0.234 e. The van der Waals surface area contributed by atoms with Crippen molar-refractivity contribution in [2.45, 2.75) is 18.6 Å². The lowest BCUT2D eigenvalue weighted by molar-refractivity contribution is -0.113. The minimum Gasteiger partial charge on any atom is -0.507 e. The SMILES string of the molecule is C=CCn1c(SCC(=O)Nc2cc(F)ccc2C)nnc1-c1ccccc1O. The molecule has 144 valence electrons. The van der Waals surface area contributed by atoms with Crippen LogP contribution in [-0.4, -0.2) is 31.5 Å². The van der Waals surface area contributed by atoms with E-state index < -0.39 is 5.82 Å². The molecule has 0 aliphatic heterocycles. The Morgan fingerprint density at radius 1 is 1.32 bits per heavy atom. The Labute approximate surface area is 166 Å². The van der Waals surface area contributed by atoms with Gasteiger partial charge < -0.3 is 10.4 Å². The molecule has 6 nitrogen and oxygen atoms in total. The zero-order valence-electron chi connectivity index (χ0n) is 15.2. The number of halogens is 1. The van der Waals surface area contributed by atoms with Gasteiger partial charge in [0.15, 0.2) is 11.0 Å². The maximum absolute atomic E-state index is 13.4.